The van der Waals surface area contributed by atoms with Gasteiger partial charge < -0.3 is 10.4 Å². The molecule has 6 nitrogen and oxygen atoms in total. The maximum atomic E-state index is 11.1. The molecule has 1 saturated heterocycles. The number of carboxylic acid groups (broad SMARTS) is 1. The first-order valence-electron chi connectivity index (χ1n) is 6.70. The molecule has 0 radical (unpaired) electrons. The highest BCUT2D eigenvalue weighted by molar-refractivity contribution is 5.95. The number of nitrogens with one attached hydrogen (secondary N) is 1. The van der Waals surface area contributed by atoms with Crippen LogP contribution >= 0.6 is 0 Å². The van der Waals surface area contributed by atoms with Crippen LogP contribution in [0.3, 0.4) is 0 Å². The van der Waals surface area contributed by atoms with Crippen LogP contribution in [0.4, 0.5) is 0 Å². The smallest absolute Gasteiger partial charge is 0.357 e. The maximum Gasteiger partial charge on any atom is 0.357 e. The summed E-state index contributed by atoms with van der Waals surface area (Å²) in [5.41, 5.74) is -0.174. The number of nitrogens with zero attached hydrogens (tertiary/aromatic N) is 2. The Bertz CT molecular complexity index is 530. The van der Waals surface area contributed by atoms with E-state index in [1.54, 1.807) is 10.9 Å². The van der Waals surface area contributed by atoms with Gasteiger partial charge in [-0.25, -0.2) is 4.79 Å². The Kier molecular flexibility index (Phi) is 3.46. The zero-order valence-corrected chi connectivity index (χ0v) is 12.3. The molecular formula is C14H21N3O3. The molecule has 0 atom stereocenters. The summed E-state index contributed by atoms with van der Waals surface area (Å²) in [5.74, 6) is -1.17. The Morgan fingerprint density at radius 2 is 1.95 bits per heavy atom. The van der Waals surface area contributed by atoms with E-state index < -0.39 is 5.97 Å². The fourth-order valence-electron chi connectivity index (χ4n) is 3.30. The molecule has 0 bridgehead atoms. The Labute approximate surface area is 118 Å². The normalized spacial score (nSPS) is 21.6. The van der Waals surface area contributed by atoms with Crippen LogP contribution in [0, 0.1) is 0 Å². The van der Waals surface area contributed by atoms with E-state index in [2.05, 4.69) is 38.1 Å². The lowest BCUT2D eigenvalue weighted by atomic mass is 9.80. The molecule has 0 aliphatic carbocycles. The van der Waals surface area contributed by atoms with E-state index in [-0.39, 0.29) is 28.4 Å². The van der Waals surface area contributed by atoms with Gasteiger partial charge in [0.25, 0.3) is 0 Å². The molecule has 0 spiro atoms. The lowest BCUT2D eigenvalue weighted by Gasteiger charge is -2.46. The third-order valence-electron chi connectivity index (χ3n) is 3.63. The molecule has 0 saturated carbocycles. The van der Waals surface area contributed by atoms with Crippen LogP contribution in [0.5, 0.6) is 0 Å². The molecule has 1 aliphatic heterocycles. The number of rotatable bonds is 3. The summed E-state index contributed by atoms with van der Waals surface area (Å²) in [6.45, 7) is 8.46. The number of aromatic carboxylic acids is 1. The van der Waals surface area contributed by atoms with E-state index in [0.717, 1.165) is 12.8 Å². The first kappa shape index (κ1) is 14.7. The molecule has 20 heavy (non-hydrogen) atoms. The molecule has 2 N–H and O–H groups in total. The number of piperidine rings is 1. The van der Waals surface area contributed by atoms with Crippen molar-refractivity contribution >= 4 is 12.3 Å². The van der Waals surface area contributed by atoms with Gasteiger partial charge in [-0.05, 0) is 40.5 Å². The van der Waals surface area contributed by atoms with E-state index in [1.165, 1.54) is 0 Å². The average molecular weight is 279 g/mol. The minimum atomic E-state index is -1.17. The van der Waals surface area contributed by atoms with Gasteiger partial charge in [-0.3, -0.25) is 9.48 Å². The van der Waals surface area contributed by atoms with E-state index >= 15 is 0 Å². The summed E-state index contributed by atoms with van der Waals surface area (Å²) in [4.78, 5) is 22.0. The third-order valence-corrected chi connectivity index (χ3v) is 3.63. The predicted molar refractivity (Wildman–Crippen MR) is 74.1 cm³/mol. The monoisotopic (exact) mass is 279 g/mol. The lowest BCUT2D eigenvalue weighted by molar-refractivity contribution is 0.0685. The van der Waals surface area contributed by atoms with Crippen molar-refractivity contribution in [2.45, 2.75) is 57.7 Å². The Hall–Kier alpha value is -1.69. The van der Waals surface area contributed by atoms with Gasteiger partial charge in [0.15, 0.2) is 12.0 Å². The van der Waals surface area contributed by atoms with Crippen molar-refractivity contribution in [3.05, 3.63) is 17.5 Å². The van der Waals surface area contributed by atoms with Gasteiger partial charge in [0.05, 0.1) is 11.6 Å². The number of carbonyl (C=O) groups is 2. The summed E-state index contributed by atoms with van der Waals surface area (Å²) in [5, 5.41) is 16.7. The Morgan fingerprint density at radius 3 is 2.35 bits per heavy atom. The summed E-state index contributed by atoms with van der Waals surface area (Å²) in [7, 11) is 0. The molecule has 0 unspecified atom stereocenters. The highest BCUT2D eigenvalue weighted by Crippen LogP contribution is 2.35. The lowest BCUT2D eigenvalue weighted by Crippen LogP contribution is -2.58. The molecular weight excluding hydrogens is 258 g/mol. The number of aldehydes is 1. The molecule has 1 aromatic heterocycles. The van der Waals surface area contributed by atoms with Gasteiger partial charge in [-0.1, -0.05) is 0 Å². The molecule has 6 heteroatoms. The Morgan fingerprint density at radius 1 is 1.40 bits per heavy atom. The standard InChI is InChI=1S/C14H21N3O3/c1-13(2)5-10(6-14(3,4)16-13)17-7-9(8-18)11(15-17)12(19)20/h7-8,10,16H,5-6H2,1-4H3,(H,19,20). The van der Waals surface area contributed by atoms with Crippen LogP contribution in [0.15, 0.2) is 6.20 Å². The fourth-order valence-corrected chi connectivity index (χ4v) is 3.30. The van der Waals surface area contributed by atoms with Crippen molar-refractivity contribution < 1.29 is 14.7 Å². The molecule has 1 aromatic rings. The number of carbonyl (C=O) groups excluding carboxylic acids is 1. The van der Waals surface area contributed by atoms with Gasteiger partial charge in [-0.15, -0.1) is 0 Å². The highest BCUT2D eigenvalue weighted by Gasteiger charge is 2.39. The fraction of sp³-hybridized carbons (Fsp3) is 0.643. The second-order valence-electron chi connectivity index (χ2n) is 6.79. The van der Waals surface area contributed by atoms with Crippen molar-refractivity contribution in [2.75, 3.05) is 0 Å². The van der Waals surface area contributed by atoms with Crippen LogP contribution < -0.4 is 5.32 Å². The van der Waals surface area contributed by atoms with Gasteiger partial charge in [-0.2, -0.15) is 5.10 Å². The third kappa shape index (κ3) is 2.90. The van der Waals surface area contributed by atoms with E-state index in [1.807, 2.05) is 0 Å². The molecule has 2 rings (SSSR count). The second-order valence-corrected chi connectivity index (χ2v) is 6.79. The summed E-state index contributed by atoms with van der Waals surface area (Å²) >= 11 is 0. The molecule has 0 amide bonds. The van der Waals surface area contributed by atoms with Crippen LogP contribution in [0.25, 0.3) is 0 Å². The van der Waals surface area contributed by atoms with Crippen molar-refractivity contribution in [1.82, 2.24) is 15.1 Å². The van der Waals surface area contributed by atoms with Crippen LogP contribution in [-0.4, -0.2) is 38.2 Å². The number of hydrogen-bond acceptors (Lipinski definition) is 4. The minimum Gasteiger partial charge on any atom is -0.476 e. The average Bonchev–Trinajstić information content (AvgIpc) is 2.68. The summed E-state index contributed by atoms with van der Waals surface area (Å²) in [6.07, 6.45) is 3.74. The van der Waals surface area contributed by atoms with Crippen LogP contribution in [0.2, 0.25) is 0 Å². The van der Waals surface area contributed by atoms with Crippen molar-refractivity contribution in [3.8, 4) is 0 Å². The molecule has 1 fully saturated rings. The number of hydrogen-bond donors (Lipinski definition) is 2. The van der Waals surface area contributed by atoms with E-state index in [4.69, 9.17) is 5.11 Å². The van der Waals surface area contributed by atoms with Gasteiger partial charge in [0.2, 0.25) is 0 Å². The van der Waals surface area contributed by atoms with E-state index in [9.17, 15) is 9.59 Å². The Balaban J connectivity index is 2.36. The van der Waals surface area contributed by atoms with E-state index in [0.29, 0.717) is 6.29 Å². The molecule has 2 heterocycles. The maximum absolute atomic E-state index is 11.1. The van der Waals surface area contributed by atoms with Crippen molar-refractivity contribution in [1.29, 1.82) is 0 Å². The van der Waals surface area contributed by atoms with Crippen LogP contribution in [-0.2, 0) is 0 Å². The quantitative estimate of drug-likeness (QED) is 0.825. The van der Waals surface area contributed by atoms with Gasteiger partial charge in [0.1, 0.15) is 0 Å². The summed E-state index contributed by atoms with van der Waals surface area (Å²) < 4.78 is 1.64. The SMILES string of the molecule is CC1(C)CC(n2cc(C=O)c(C(=O)O)n2)CC(C)(C)N1. The highest BCUT2D eigenvalue weighted by atomic mass is 16.4. The topological polar surface area (TPSA) is 84.2 Å². The van der Waals surface area contributed by atoms with Crippen LogP contribution in [0.1, 0.15) is 67.4 Å². The first-order chi connectivity index (χ1) is 9.13. The zero-order chi connectivity index (χ0) is 15.1. The second kappa shape index (κ2) is 4.70. The molecule has 0 aromatic carbocycles. The molecule has 1 aliphatic rings. The largest absolute Gasteiger partial charge is 0.476 e. The van der Waals surface area contributed by atoms with Crippen molar-refractivity contribution in [2.24, 2.45) is 0 Å². The van der Waals surface area contributed by atoms with Gasteiger partial charge >= 0.3 is 5.97 Å². The predicted octanol–water partition coefficient (Wildman–Crippen LogP) is 1.88. The van der Waals surface area contributed by atoms with Crippen molar-refractivity contribution in [3.63, 3.8) is 0 Å². The summed E-state index contributed by atoms with van der Waals surface area (Å²) in [6, 6.07) is 0.0769. The number of aromatic nitrogens is 2. The minimum absolute atomic E-state index is 0.0664. The zero-order valence-electron chi connectivity index (χ0n) is 12.3. The molecule has 110 valence electrons. The number of carboxylic acids is 1. The van der Waals surface area contributed by atoms with Gasteiger partial charge in [0, 0.05) is 17.3 Å². The first-order valence-corrected chi connectivity index (χ1v) is 6.70.